The number of carboxylic acids is 1. The van der Waals surface area contributed by atoms with Gasteiger partial charge >= 0.3 is 5.97 Å². The number of carbonyl (C=O) groups is 1. The molecule has 0 fully saturated rings. The maximum absolute atomic E-state index is 11.2. The Kier molecular flexibility index (Phi) is 3.01. The van der Waals surface area contributed by atoms with Crippen LogP contribution < -0.4 is 4.74 Å². The van der Waals surface area contributed by atoms with E-state index in [1.165, 1.54) is 5.56 Å². The van der Waals surface area contributed by atoms with Crippen LogP contribution in [0.4, 0.5) is 0 Å². The minimum Gasteiger partial charge on any atom is -0.492 e. The Hall–Kier alpha value is -2.29. The van der Waals surface area contributed by atoms with Gasteiger partial charge in [0.15, 0.2) is 0 Å². The SMILES string of the molecule is Cc1ccc(C(=O)O)cc1-c1ccc2c(c1)C(C)(C)CO2. The molecule has 0 bridgehead atoms. The lowest BCUT2D eigenvalue weighted by molar-refractivity contribution is 0.0697. The van der Waals surface area contributed by atoms with Crippen LogP contribution in [0.2, 0.25) is 0 Å². The highest BCUT2D eigenvalue weighted by Gasteiger charge is 2.31. The first-order valence-corrected chi connectivity index (χ1v) is 7.00. The molecular weight excluding hydrogens is 264 g/mol. The van der Waals surface area contributed by atoms with E-state index in [1.807, 2.05) is 25.1 Å². The fourth-order valence-electron chi connectivity index (χ4n) is 2.75. The third kappa shape index (κ3) is 2.29. The van der Waals surface area contributed by atoms with Gasteiger partial charge in [-0.25, -0.2) is 4.79 Å². The topological polar surface area (TPSA) is 46.5 Å². The summed E-state index contributed by atoms with van der Waals surface area (Å²) in [6, 6.07) is 11.3. The molecule has 108 valence electrons. The van der Waals surface area contributed by atoms with E-state index in [0.717, 1.165) is 22.4 Å². The molecule has 3 heteroatoms. The van der Waals surface area contributed by atoms with Crippen LogP contribution in [0.15, 0.2) is 36.4 Å². The summed E-state index contributed by atoms with van der Waals surface area (Å²) in [5.41, 5.74) is 4.54. The van der Waals surface area contributed by atoms with E-state index in [1.54, 1.807) is 12.1 Å². The van der Waals surface area contributed by atoms with Crippen molar-refractivity contribution in [2.24, 2.45) is 0 Å². The second kappa shape index (κ2) is 4.62. The molecule has 21 heavy (non-hydrogen) atoms. The zero-order valence-electron chi connectivity index (χ0n) is 12.4. The Labute approximate surface area is 124 Å². The van der Waals surface area contributed by atoms with Crippen LogP contribution in [0, 0.1) is 6.92 Å². The molecule has 1 heterocycles. The molecule has 3 nitrogen and oxygen atoms in total. The van der Waals surface area contributed by atoms with Gasteiger partial charge < -0.3 is 9.84 Å². The average Bonchev–Trinajstić information content (AvgIpc) is 2.74. The zero-order valence-corrected chi connectivity index (χ0v) is 12.4. The van der Waals surface area contributed by atoms with Gasteiger partial charge in [0.2, 0.25) is 0 Å². The van der Waals surface area contributed by atoms with Crippen LogP contribution in [0.3, 0.4) is 0 Å². The second-order valence-electron chi connectivity index (χ2n) is 6.22. The number of hydrogen-bond acceptors (Lipinski definition) is 2. The zero-order chi connectivity index (χ0) is 15.2. The number of carboxylic acid groups (broad SMARTS) is 1. The summed E-state index contributed by atoms with van der Waals surface area (Å²) >= 11 is 0. The van der Waals surface area contributed by atoms with Crippen LogP contribution in [-0.2, 0) is 5.41 Å². The molecule has 2 aromatic rings. The van der Waals surface area contributed by atoms with Crippen molar-refractivity contribution in [2.75, 3.05) is 6.61 Å². The molecule has 0 atom stereocenters. The lowest BCUT2D eigenvalue weighted by atomic mass is 9.85. The highest BCUT2D eigenvalue weighted by molar-refractivity contribution is 5.90. The van der Waals surface area contributed by atoms with Crippen molar-refractivity contribution in [3.8, 4) is 16.9 Å². The lowest BCUT2D eigenvalue weighted by Crippen LogP contribution is -2.18. The third-order valence-corrected chi connectivity index (χ3v) is 4.09. The summed E-state index contributed by atoms with van der Waals surface area (Å²) in [5.74, 6) is 0.0249. The van der Waals surface area contributed by atoms with E-state index in [-0.39, 0.29) is 5.41 Å². The summed E-state index contributed by atoms with van der Waals surface area (Å²) in [6.07, 6.45) is 0. The van der Waals surface area contributed by atoms with E-state index in [2.05, 4.69) is 19.9 Å². The molecule has 0 saturated carbocycles. The van der Waals surface area contributed by atoms with Gasteiger partial charge in [-0.3, -0.25) is 0 Å². The normalized spacial score (nSPS) is 15.4. The van der Waals surface area contributed by atoms with Crippen LogP contribution in [-0.4, -0.2) is 17.7 Å². The number of hydrogen-bond donors (Lipinski definition) is 1. The summed E-state index contributed by atoms with van der Waals surface area (Å²) in [5, 5.41) is 9.17. The monoisotopic (exact) mass is 282 g/mol. The Bertz CT molecular complexity index is 729. The Balaban J connectivity index is 2.14. The third-order valence-electron chi connectivity index (χ3n) is 4.09. The standard InChI is InChI=1S/C18H18O3/c1-11-4-5-13(17(19)20)8-14(11)12-6-7-16-15(9-12)18(2,3)10-21-16/h4-9H,10H2,1-3H3,(H,19,20). The number of aryl methyl sites for hydroxylation is 1. The smallest absolute Gasteiger partial charge is 0.335 e. The average molecular weight is 282 g/mol. The number of rotatable bonds is 2. The lowest BCUT2D eigenvalue weighted by Gasteiger charge is -2.16. The maximum Gasteiger partial charge on any atom is 0.335 e. The van der Waals surface area contributed by atoms with Gasteiger partial charge in [0.25, 0.3) is 0 Å². The molecule has 0 unspecified atom stereocenters. The van der Waals surface area contributed by atoms with E-state index in [0.29, 0.717) is 12.2 Å². The fraction of sp³-hybridized carbons (Fsp3) is 0.278. The molecule has 0 aromatic heterocycles. The van der Waals surface area contributed by atoms with Crippen molar-refractivity contribution in [3.05, 3.63) is 53.1 Å². The Morgan fingerprint density at radius 2 is 1.95 bits per heavy atom. The van der Waals surface area contributed by atoms with Gasteiger partial charge in [0, 0.05) is 11.0 Å². The van der Waals surface area contributed by atoms with Crippen molar-refractivity contribution in [2.45, 2.75) is 26.2 Å². The summed E-state index contributed by atoms with van der Waals surface area (Å²) in [6.45, 7) is 6.99. The molecule has 3 rings (SSSR count). The minimum atomic E-state index is -0.902. The van der Waals surface area contributed by atoms with Crippen LogP contribution in [0.25, 0.3) is 11.1 Å². The Morgan fingerprint density at radius 3 is 2.67 bits per heavy atom. The van der Waals surface area contributed by atoms with Crippen LogP contribution >= 0.6 is 0 Å². The predicted octanol–water partition coefficient (Wildman–Crippen LogP) is 4.03. The first-order valence-electron chi connectivity index (χ1n) is 7.00. The molecule has 0 amide bonds. The highest BCUT2D eigenvalue weighted by Crippen LogP contribution is 2.41. The molecule has 0 spiro atoms. The van der Waals surface area contributed by atoms with Crippen LogP contribution in [0.5, 0.6) is 5.75 Å². The number of benzene rings is 2. The maximum atomic E-state index is 11.2. The summed E-state index contributed by atoms with van der Waals surface area (Å²) in [7, 11) is 0. The molecule has 0 aliphatic carbocycles. The van der Waals surface area contributed by atoms with E-state index >= 15 is 0 Å². The van der Waals surface area contributed by atoms with E-state index < -0.39 is 5.97 Å². The molecular formula is C18H18O3. The highest BCUT2D eigenvalue weighted by atomic mass is 16.5. The van der Waals surface area contributed by atoms with E-state index in [4.69, 9.17) is 9.84 Å². The number of fused-ring (bicyclic) bond motifs is 1. The van der Waals surface area contributed by atoms with Crippen molar-refractivity contribution in [3.63, 3.8) is 0 Å². The molecule has 0 radical (unpaired) electrons. The fourth-order valence-corrected chi connectivity index (χ4v) is 2.75. The van der Waals surface area contributed by atoms with Gasteiger partial charge in [0.05, 0.1) is 12.2 Å². The molecule has 1 N–H and O–H groups in total. The van der Waals surface area contributed by atoms with Crippen LogP contribution in [0.1, 0.15) is 35.3 Å². The molecule has 1 aliphatic rings. The summed E-state index contributed by atoms with van der Waals surface area (Å²) < 4.78 is 5.70. The largest absolute Gasteiger partial charge is 0.492 e. The van der Waals surface area contributed by atoms with Gasteiger partial charge in [0.1, 0.15) is 5.75 Å². The van der Waals surface area contributed by atoms with Crippen molar-refractivity contribution < 1.29 is 14.6 Å². The minimum absolute atomic E-state index is 0.0103. The van der Waals surface area contributed by atoms with Gasteiger partial charge in [-0.05, 0) is 47.9 Å². The first-order chi connectivity index (χ1) is 9.88. The van der Waals surface area contributed by atoms with E-state index in [9.17, 15) is 4.79 Å². The van der Waals surface area contributed by atoms with Crippen molar-refractivity contribution in [1.29, 1.82) is 0 Å². The van der Waals surface area contributed by atoms with Gasteiger partial charge in [-0.1, -0.05) is 26.0 Å². The van der Waals surface area contributed by atoms with Gasteiger partial charge in [-0.15, -0.1) is 0 Å². The summed E-state index contributed by atoms with van der Waals surface area (Å²) in [4.78, 5) is 11.2. The van der Waals surface area contributed by atoms with Crippen molar-refractivity contribution >= 4 is 5.97 Å². The second-order valence-corrected chi connectivity index (χ2v) is 6.22. The molecule has 2 aromatic carbocycles. The molecule has 1 aliphatic heterocycles. The van der Waals surface area contributed by atoms with Crippen molar-refractivity contribution in [1.82, 2.24) is 0 Å². The number of ether oxygens (including phenoxy) is 1. The first kappa shape index (κ1) is 13.7. The Morgan fingerprint density at radius 1 is 1.19 bits per heavy atom. The quantitative estimate of drug-likeness (QED) is 0.904. The predicted molar refractivity (Wildman–Crippen MR) is 82.1 cm³/mol. The number of aromatic carboxylic acids is 1. The van der Waals surface area contributed by atoms with Gasteiger partial charge in [-0.2, -0.15) is 0 Å². The molecule has 0 saturated heterocycles.